The first-order valence-electron chi connectivity index (χ1n) is 5.22. The summed E-state index contributed by atoms with van der Waals surface area (Å²) in [4.78, 5) is 10.5. The summed E-state index contributed by atoms with van der Waals surface area (Å²) in [7, 11) is 0. The van der Waals surface area contributed by atoms with Crippen molar-refractivity contribution in [3.63, 3.8) is 0 Å². The summed E-state index contributed by atoms with van der Waals surface area (Å²) in [5.41, 5.74) is 2.25. The molecule has 0 fully saturated rings. The number of rotatable bonds is 4. The lowest BCUT2D eigenvalue weighted by atomic mass is 10.1. The molecule has 0 heterocycles. The van der Waals surface area contributed by atoms with E-state index < -0.39 is 5.24 Å². The van der Waals surface area contributed by atoms with E-state index in [0.29, 0.717) is 5.75 Å². The molecule has 0 aliphatic rings. The molecule has 2 aromatic rings. The Hall–Kier alpha value is -1.80. The van der Waals surface area contributed by atoms with Crippen LogP contribution in [0.15, 0.2) is 54.6 Å². The van der Waals surface area contributed by atoms with Crippen molar-refractivity contribution in [2.75, 3.05) is 6.61 Å². The summed E-state index contributed by atoms with van der Waals surface area (Å²) in [6.07, 6.45) is 0. The number of carbonyl (C=O) groups is 1. The van der Waals surface area contributed by atoms with E-state index in [1.807, 2.05) is 54.6 Å². The first-order chi connectivity index (χ1) is 8.25. The predicted molar refractivity (Wildman–Crippen MR) is 68.2 cm³/mol. The zero-order chi connectivity index (χ0) is 12.1. The van der Waals surface area contributed by atoms with Crippen molar-refractivity contribution in [1.82, 2.24) is 0 Å². The Morgan fingerprint density at radius 2 is 1.53 bits per heavy atom. The molecule has 0 bridgehead atoms. The number of benzene rings is 2. The van der Waals surface area contributed by atoms with E-state index in [9.17, 15) is 4.79 Å². The van der Waals surface area contributed by atoms with Gasteiger partial charge in [0.25, 0.3) is 5.24 Å². The summed E-state index contributed by atoms with van der Waals surface area (Å²) in [5.74, 6) is 0.638. The number of halogens is 1. The average molecular weight is 247 g/mol. The molecule has 0 unspecified atom stereocenters. The maximum Gasteiger partial charge on any atom is 0.259 e. The molecule has 0 aromatic heterocycles. The van der Waals surface area contributed by atoms with Crippen molar-refractivity contribution in [2.24, 2.45) is 0 Å². The van der Waals surface area contributed by atoms with Crippen molar-refractivity contribution in [3.05, 3.63) is 54.6 Å². The fourth-order valence-electron chi connectivity index (χ4n) is 1.51. The number of hydrogen-bond acceptors (Lipinski definition) is 2. The number of ether oxygens (including phenoxy) is 1. The molecule has 3 heteroatoms. The van der Waals surface area contributed by atoms with E-state index in [1.54, 1.807) is 0 Å². The number of carbonyl (C=O) groups excluding carboxylic acids is 1. The van der Waals surface area contributed by atoms with Crippen LogP contribution in [0.5, 0.6) is 5.75 Å². The molecule has 0 amide bonds. The van der Waals surface area contributed by atoms with Crippen LogP contribution in [0.3, 0.4) is 0 Å². The van der Waals surface area contributed by atoms with Crippen LogP contribution in [0.2, 0.25) is 0 Å². The van der Waals surface area contributed by atoms with Crippen molar-refractivity contribution in [3.8, 4) is 16.9 Å². The largest absolute Gasteiger partial charge is 0.484 e. The lowest BCUT2D eigenvalue weighted by molar-refractivity contribution is -0.113. The fraction of sp³-hybridized carbons (Fsp3) is 0.0714. The molecule has 0 saturated carbocycles. The van der Waals surface area contributed by atoms with Gasteiger partial charge in [-0.05, 0) is 34.9 Å². The third-order valence-corrected chi connectivity index (χ3v) is 2.42. The van der Waals surface area contributed by atoms with Crippen LogP contribution in [0.25, 0.3) is 11.1 Å². The first-order valence-corrected chi connectivity index (χ1v) is 5.60. The molecule has 0 atom stereocenters. The van der Waals surface area contributed by atoms with Crippen LogP contribution < -0.4 is 4.74 Å². The Balaban J connectivity index is 2.11. The van der Waals surface area contributed by atoms with Crippen LogP contribution in [0.1, 0.15) is 0 Å². The maximum absolute atomic E-state index is 10.5. The van der Waals surface area contributed by atoms with Crippen molar-refractivity contribution < 1.29 is 9.53 Å². The summed E-state index contributed by atoms with van der Waals surface area (Å²) in [5, 5.41) is -0.503. The van der Waals surface area contributed by atoms with E-state index >= 15 is 0 Å². The normalized spacial score (nSPS) is 9.94. The van der Waals surface area contributed by atoms with Gasteiger partial charge >= 0.3 is 0 Å². The summed E-state index contributed by atoms with van der Waals surface area (Å²) in [6.45, 7) is -0.105. The zero-order valence-electron chi connectivity index (χ0n) is 9.10. The monoisotopic (exact) mass is 246 g/mol. The molecule has 17 heavy (non-hydrogen) atoms. The molecule has 86 valence electrons. The Morgan fingerprint density at radius 1 is 0.941 bits per heavy atom. The fourth-order valence-corrected chi connectivity index (χ4v) is 1.57. The maximum atomic E-state index is 10.5. The lowest BCUT2D eigenvalue weighted by Gasteiger charge is -2.05. The smallest absolute Gasteiger partial charge is 0.259 e. The second kappa shape index (κ2) is 5.51. The van der Waals surface area contributed by atoms with E-state index in [4.69, 9.17) is 16.3 Å². The van der Waals surface area contributed by atoms with Crippen LogP contribution >= 0.6 is 11.6 Å². The van der Waals surface area contributed by atoms with E-state index in [1.165, 1.54) is 0 Å². The van der Waals surface area contributed by atoms with Gasteiger partial charge in [0, 0.05) is 0 Å². The third kappa shape index (κ3) is 3.33. The van der Waals surface area contributed by atoms with Crippen LogP contribution in [-0.4, -0.2) is 11.8 Å². The first kappa shape index (κ1) is 11.7. The molecule has 0 aliphatic carbocycles. The highest BCUT2D eigenvalue weighted by atomic mass is 35.5. The minimum absolute atomic E-state index is 0.105. The predicted octanol–water partition coefficient (Wildman–Crippen LogP) is 3.50. The van der Waals surface area contributed by atoms with Crippen LogP contribution in [0.4, 0.5) is 0 Å². The van der Waals surface area contributed by atoms with Gasteiger partial charge in [0.1, 0.15) is 5.75 Å². The zero-order valence-corrected chi connectivity index (χ0v) is 9.85. The van der Waals surface area contributed by atoms with Crippen molar-refractivity contribution >= 4 is 16.8 Å². The molecular formula is C14H11ClO2. The Labute approximate surface area is 105 Å². The van der Waals surface area contributed by atoms with Crippen molar-refractivity contribution in [1.29, 1.82) is 0 Å². The summed E-state index contributed by atoms with van der Waals surface area (Å²) in [6, 6.07) is 17.6. The van der Waals surface area contributed by atoms with Gasteiger partial charge in [-0.15, -0.1) is 0 Å². The highest BCUT2D eigenvalue weighted by Gasteiger charge is 2.00. The lowest BCUT2D eigenvalue weighted by Crippen LogP contribution is -2.03. The van der Waals surface area contributed by atoms with E-state index in [0.717, 1.165) is 11.1 Å². The minimum atomic E-state index is -0.503. The number of hydrogen-bond donors (Lipinski definition) is 0. The topological polar surface area (TPSA) is 26.3 Å². The van der Waals surface area contributed by atoms with Gasteiger partial charge in [-0.3, -0.25) is 4.79 Å². The van der Waals surface area contributed by atoms with Gasteiger partial charge in [-0.1, -0.05) is 42.5 Å². The molecule has 0 saturated heterocycles. The van der Waals surface area contributed by atoms with E-state index in [2.05, 4.69) is 0 Å². The summed E-state index contributed by atoms with van der Waals surface area (Å²) < 4.78 is 5.18. The van der Waals surface area contributed by atoms with Gasteiger partial charge in [0.2, 0.25) is 0 Å². The quantitative estimate of drug-likeness (QED) is 0.772. The second-order valence-corrected chi connectivity index (χ2v) is 3.96. The molecule has 2 rings (SSSR count). The molecule has 0 N–H and O–H groups in total. The minimum Gasteiger partial charge on any atom is -0.484 e. The molecule has 2 nitrogen and oxygen atoms in total. The third-order valence-electron chi connectivity index (χ3n) is 2.31. The Kier molecular flexibility index (Phi) is 3.78. The Morgan fingerprint density at radius 3 is 2.12 bits per heavy atom. The van der Waals surface area contributed by atoms with Crippen LogP contribution in [-0.2, 0) is 4.79 Å². The molecular weight excluding hydrogens is 236 g/mol. The molecule has 0 radical (unpaired) electrons. The van der Waals surface area contributed by atoms with Crippen LogP contribution in [0, 0.1) is 0 Å². The van der Waals surface area contributed by atoms with E-state index in [-0.39, 0.29) is 6.61 Å². The highest BCUT2D eigenvalue weighted by molar-refractivity contribution is 6.63. The standard InChI is InChI=1S/C14H11ClO2/c15-14(16)10-17-13-8-6-12(7-9-13)11-4-2-1-3-5-11/h1-9H,10H2. The van der Waals surface area contributed by atoms with Crippen molar-refractivity contribution in [2.45, 2.75) is 0 Å². The van der Waals surface area contributed by atoms with Gasteiger partial charge in [-0.25, -0.2) is 0 Å². The van der Waals surface area contributed by atoms with Gasteiger partial charge in [0.05, 0.1) is 0 Å². The molecule has 0 spiro atoms. The molecule has 0 aliphatic heterocycles. The van der Waals surface area contributed by atoms with Gasteiger partial charge < -0.3 is 4.74 Å². The SMILES string of the molecule is O=C(Cl)COc1ccc(-c2ccccc2)cc1. The highest BCUT2D eigenvalue weighted by Crippen LogP contribution is 2.21. The summed E-state index contributed by atoms with van der Waals surface area (Å²) >= 11 is 5.19. The van der Waals surface area contributed by atoms with Gasteiger partial charge in [0.15, 0.2) is 6.61 Å². The molecule has 2 aromatic carbocycles. The average Bonchev–Trinajstić information content (AvgIpc) is 2.38. The second-order valence-electron chi connectivity index (χ2n) is 3.53. The Bertz CT molecular complexity index is 491. The van der Waals surface area contributed by atoms with Gasteiger partial charge in [-0.2, -0.15) is 0 Å².